The summed E-state index contributed by atoms with van der Waals surface area (Å²) in [6.07, 6.45) is 1.60. The van der Waals surface area contributed by atoms with Crippen molar-refractivity contribution in [1.29, 1.82) is 0 Å². The normalized spacial score (nSPS) is 13.5. The van der Waals surface area contributed by atoms with E-state index in [0.29, 0.717) is 16.7 Å². The van der Waals surface area contributed by atoms with Crippen molar-refractivity contribution in [2.75, 3.05) is 5.75 Å². The molecule has 0 fully saturated rings. The molecule has 1 aliphatic heterocycles. The van der Waals surface area contributed by atoms with Crippen molar-refractivity contribution in [2.45, 2.75) is 12.1 Å². The highest BCUT2D eigenvalue weighted by molar-refractivity contribution is 7.99. The third-order valence-corrected chi connectivity index (χ3v) is 4.61. The van der Waals surface area contributed by atoms with Crippen molar-refractivity contribution in [3.63, 3.8) is 0 Å². The van der Waals surface area contributed by atoms with E-state index in [4.69, 9.17) is 4.42 Å². The number of furan rings is 1. The predicted octanol–water partition coefficient (Wildman–Crippen LogP) is 3.11. The molecule has 24 heavy (non-hydrogen) atoms. The van der Waals surface area contributed by atoms with Crippen LogP contribution in [-0.2, 0) is 0 Å². The van der Waals surface area contributed by atoms with Crippen LogP contribution in [0.2, 0.25) is 0 Å². The number of thioether (sulfide) groups is 1. The first-order chi connectivity index (χ1) is 11.6. The van der Waals surface area contributed by atoms with E-state index in [9.17, 15) is 10.1 Å². The molecule has 0 atom stereocenters. The van der Waals surface area contributed by atoms with Crippen molar-refractivity contribution >= 4 is 23.2 Å². The Morgan fingerprint density at radius 1 is 1.25 bits per heavy atom. The monoisotopic (exact) mass is 341 g/mol. The summed E-state index contributed by atoms with van der Waals surface area (Å²) in [5.41, 5.74) is 2.54. The molecule has 0 aliphatic carbocycles. The number of hydrogen-bond donors (Lipinski definition) is 0. The average Bonchev–Trinajstić information content (AvgIpc) is 3.20. The van der Waals surface area contributed by atoms with Crippen LogP contribution in [0.5, 0.6) is 0 Å². The average molecular weight is 341 g/mol. The quantitative estimate of drug-likeness (QED) is 0.536. The largest absolute Gasteiger partial charge is 0.469 e. The molecule has 3 aromatic rings. The Kier molecular flexibility index (Phi) is 3.42. The standard InChI is InChI=1S/C15H11N5O3S/c1-9-12(6-7-23-9)14-16-17-15-19(14)18-13(8-24-15)10-2-4-11(5-3-10)20(21)22/h2-7H,8H2,1H3. The van der Waals surface area contributed by atoms with Gasteiger partial charge >= 0.3 is 0 Å². The lowest BCUT2D eigenvalue weighted by molar-refractivity contribution is -0.384. The maximum Gasteiger partial charge on any atom is 0.269 e. The van der Waals surface area contributed by atoms with E-state index in [1.165, 1.54) is 23.9 Å². The van der Waals surface area contributed by atoms with Gasteiger partial charge in [0.2, 0.25) is 5.16 Å². The molecule has 0 N–H and O–H groups in total. The minimum Gasteiger partial charge on any atom is -0.469 e. The van der Waals surface area contributed by atoms with Gasteiger partial charge in [-0.1, -0.05) is 11.8 Å². The lowest BCUT2D eigenvalue weighted by atomic mass is 10.1. The minimum atomic E-state index is -0.418. The fraction of sp³-hybridized carbons (Fsp3) is 0.133. The lowest BCUT2D eigenvalue weighted by Crippen LogP contribution is -2.13. The molecular formula is C15H11N5O3S. The Bertz CT molecular complexity index is 958. The highest BCUT2D eigenvalue weighted by Crippen LogP contribution is 2.30. The summed E-state index contributed by atoms with van der Waals surface area (Å²) in [6.45, 7) is 1.86. The fourth-order valence-corrected chi connectivity index (χ4v) is 3.27. The molecule has 4 rings (SSSR count). The number of benzene rings is 1. The topological polar surface area (TPSA) is 99.3 Å². The van der Waals surface area contributed by atoms with Gasteiger partial charge in [0.05, 0.1) is 22.5 Å². The molecule has 0 bridgehead atoms. The van der Waals surface area contributed by atoms with Crippen LogP contribution in [0.25, 0.3) is 11.4 Å². The molecule has 0 saturated heterocycles. The van der Waals surface area contributed by atoms with Gasteiger partial charge in [-0.15, -0.1) is 10.2 Å². The molecular weight excluding hydrogens is 330 g/mol. The van der Waals surface area contributed by atoms with Crippen molar-refractivity contribution < 1.29 is 9.34 Å². The number of non-ortho nitro benzene ring substituents is 1. The van der Waals surface area contributed by atoms with Gasteiger partial charge in [0.25, 0.3) is 5.69 Å². The van der Waals surface area contributed by atoms with Crippen LogP contribution in [0.4, 0.5) is 5.69 Å². The number of nitro benzene ring substituents is 1. The number of fused-ring (bicyclic) bond motifs is 1. The number of aromatic nitrogens is 3. The number of aryl methyl sites for hydroxylation is 1. The summed E-state index contributed by atoms with van der Waals surface area (Å²) in [4.78, 5) is 10.3. The van der Waals surface area contributed by atoms with E-state index in [0.717, 1.165) is 22.6 Å². The van der Waals surface area contributed by atoms with Crippen LogP contribution >= 0.6 is 11.8 Å². The SMILES string of the molecule is Cc1occc1-c1nnc2n1N=C(c1ccc([N+](=O)[O-])cc1)CS2. The van der Waals surface area contributed by atoms with E-state index >= 15 is 0 Å². The molecule has 120 valence electrons. The van der Waals surface area contributed by atoms with E-state index in [-0.39, 0.29) is 5.69 Å². The summed E-state index contributed by atoms with van der Waals surface area (Å²) in [5, 5.41) is 24.5. The third kappa shape index (κ3) is 2.38. The number of rotatable bonds is 3. The summed E-state index contributed by atoms with van der Waals surface area (Å²) in [5.74, 6) is 1.98. The third-order valence-electron chi connectivity index (χ3n) is 3.68. The molecule has 9 heteroatoms. The maximum atomic E-state index is 10.8. The van der Waals surface area contributed by atoms with Gasteiger partial charge in [-0.25, -0.2) is 0 Å². The molecule has 3 heterocycles. The molecule has 0 saturated carbocycles. The number of nitro groups is 1. The van der Waals surface area contributed by atoms with E-state index in [1.807, 2.05) is 13.0 Å². The van der Waals surface area contributed by atoms with Gasteiger partial charge in [0.1, 0.15) is 5.76 Å². The molecule has 1 aromatic carbocycles. The van der Waals surface area contributed by atoms with Crippen LogP contribution in [0.3, 0.4) is 0 Å². The highest BCUT2D eigenvalue weighted by atomic mass is 32.2. The van der Waals surface area contributed by atoms with Crippen LogP contribution in [0.1, 0.15) is 11.3 Å². The van der Waals surface area contributed by atoms with Crippen LogP contribution in [0, 0.1) is 17.0 Å². The molecule has 8 nitrogen and oxygen atoms in total. The zero-order valence-electron chi connectivity index (χ0n) is 12.5. The highest BCUT2D eigenvalue weighted by Gasteiger charge is 2.22. The van der Waals surface area contributed by atoms with E-state index in [1.54, 1.807) is 23.1 Å². The molecule has 1 aliphatic rings. The lowest BCUT2D eigenvalue weighted by Gasteiger charge is -2.13. The van der Waals surface area contributed by atoms with E-state index < -0.39 is 4.92 Å². The van der Waals surface area contributed by atoms with Gasteiger partial charge in [-0.3, -0.25) is 10.1 Å². The molecule has 0 spiro atoms. The van der Waals surface area contributed by atoms with Crippen molar-refractivity contribution in [2.24, 2.45) is 5.10 Å². The Morgan fingerprint density at radius 2 is 2.04 bits per heavy atom. The minimum absolute atomic E-state index is 0.0579. The van der Waals surface area contributed by atoms with Crippen LogP contribution < -0.4 is 0 Å². The van der Waals surface area contributed by atoms with Gasteiger partial charge in [0, 0.05) is 17.9 Å². The summed E-state index contributed by atoms with van der Waals surface area (Å²) >= 11 is 1.52. The Labute approximate surface area is 140 Å². The van der Waals surface area contributed by atoms with Crippen molar-refractivity contribution in [1.82, 2.24) is 14.9 Å². The predicted molar refractivity (Wildman–Crippen MR) is 88.2 cm³/mol. The Hall–Kier alpha value is -2.94. The Balaban J connectivity index is 1.75. The second-order valence-electron chi connectivity index (χ2n) is 5.15. The zero-order chi connectivity index (χ0) is 16.7. The smallest absolute Gasteiger partial charge is 0.269 e. The fourth-order valence-electron chi connectivity index (χ4n) is 2.43. The first-order valence-electron chi connectivity index (χ1n) is 7.09. The molecule has 0 unspecified atom stereocenters. The van der Waals surface area contributed by atoms with Crippen molar-refractivity contribution in [3.8, 4) is 11.4 Å². The second-order valence-corrected chi connectivity index (χ2v) is 6.09. The second kappa shape index (κ2) is 5.60. The van der Waals surface area contributed by atoms with Gasteiger partial charge in [-0.05, 0) is 30.7 Å². The van der Waals surface area contributed by atoms with E-state index in [2.05, 4.69) is 15.3 Å². The Morgan fingerprint density at radius 3 is 2.71 bits per heavy atom. The summed E-state index contributed by atoms with van der Waals surface area (Å²) in [7, 11) is 0. The van der Waals surface area contributed by atoms with Crippen LogP contribution in [0.15, 0.2) is 51.3 Å². The first-order valence-corrected chi connectivity index (χ1v) is 8.07. The summed E-state index contributed by atoms with van der Waals surface area (Å²) in [6, 6.07) is 8.19. The zero-order valence-corrected chi connectivity index (χ0v) is 13.4. The number of nitrogens with zero attached hydrogens (tertiary/aromatic N) is 5. The van der Waals surface area contributed by atoms with Gasteiger partial charge in [-0.2, -0.15) is 9.78 Å². The molecule has 0 radical (unpaired) electrons. The van der Waals surface area contributed by atoms with Gasteiger partial charge < -0.3 is 4.42 Å². The summed E-state index contributed by atoms with van der Waals surface area (Å²) < 4.78 is 7.01. The van der Waals surface area contributed by atoms with Crippen molar-refractivity contribution in [3.05, 3.63) is 58.0 Å². The van der Waals surface area contributed by atoms with Gasteiger partial charge in [0.15, 0.2) is 5.82 Å². The molecule has 2 aromatic heterocycles. The number of hydrogen-bond acceptors (Lipinski definition) is 7. The maximum absolute atomic E-state index is 10.8. The molecule has 0 amide bonds. The van der Waals surface area contributed by atoms with Crippen LogP contribution in [-0.4, -0.2) is 31.3 Å². The first kappa shape index (κ1) is 14.6.